The Labute approximate surface area is 146 Å². The third-order valence-corrected chi connectivity index (χ3v) is 3.63. The fourth-order valence-corrected chi connectivity index (χ4v) is 2.16. The SMILES string of the molecule is N#C/C(=C/c1ccc(I)cc1)C(=O)Nc1cccc(C(=O)O)c1. The number of rotatable bonds is 4. The fraction of sp³-hybridized carbons (Fsp3) is 0. The van der Waals surface area contributed by atoms with E-state index >= 15 is 0 Å². The third kappa shape index (κ3) is 4.66. The predicted octanol–water partition coefficient (Wildman–Crippen LogP) is 3.54. The molecule has 2 aromatic rings. The minimum absolute atomic E-state index is 0.0583. The van der Waals surface area contributed by atoms with E-state index in [1.807, 2.05) is 18.2 Å². The molecule has 23 heavy (non-hydrogen) atoms. The number of anilines is 1. The average molecular weight is 418 g/mol. The van der Waals surface area contributed by atoms with E-state index in [0.717, 1.165) is 9.13 Å². The maximum absolute atomic E-state index is 12.1. The van der Waals surface area contributed by atoms with E-state index in [2.05, 4.69) is 27.9 Å². The van der Waals surface area contributed by atoms with Gasteiger partial charge in [0.05, 0.1) is 5.56 Å². The molecule has 0 aliphatic carbocycles. The van der Waals surface area contributed by atoms with Crippen LogP contribution in [0.5, 0.6) is 0 Å². The van der Waals surface area contributed by atoms with Crippen molar-refractivity contribution in [3.8, 4) is 6.07 Å². The highest BCUT2D eigenvalue weighted by molar-refractivity contribution is 14.1. The van der Waals surface area contributed by atoms with Crippen molar-refractivity contribution in [1.29, 1.82) is 5.26 Å². The summed E-state index contributed by atoms with van der Waals surface area (Å²) in [7, 11) is 0. The largest absolute Gasteiger partial charge is 0.478 e. The lowest BCUT2D eigenvalue weighted by Crippen LogP contribution is -2.13. The van der Waals surface area contributed by atoms with Crippen molar-refractivity contribution in [1.82, 2.24) is 0 Å². The molecular weight excluding hydrogens is 407 g/mol. The molecule has 0 saturated heterocycles. The molecule has 114 valence electrons. The molecule has 2 aromatic carbocycles. The van der Waals surface area contributed by atoms with E-state index in [-0.39, 0.29) is 11.1 Å². The summed E-state index contributed by atoms with van der Waals surface area (Å²) in [6.07, 6.45) is 1.48. The highest BCUT2D eigenvalue weighted by Crippen LogP contribution is 2.14. The Morgan fingerprint density at radius 3 is 2.48 bits per heavy atom. The zero-order chi connectivity index (χ0) is 16.8. The van der Waals surface area contributed by atoms with Crippen LogP contribution in [-0.2, 0) is 4.79 Å². The van der Waals surface area contributed by atoms with Gasteiger partial charge in [0.1, 0.15) is 11.6 Å². The van der Waals surface area contributed by atoms with Crippen LogP contribution in [0.2, 0.25) is 0 Å². The molecule has 0 atom stereocenters. The molecule has 2 N–H and O–H groups in total. The number of halogens is 1. The second-order valence-corrected chi connectivity index (χ2v) is 5.81. The summed E-state index contributed by atoms with van der Waals surface area (Å²) in [4.78, 5) is 23.1. The standard InChI is InChI=1S/C17H11IN2O3/c18-14-6-4-11(5-7-14)8-13(10-19)16(21)20-15-3-1-2-12(9-15)17(22)23/h1-9H,(H,20,21)(H,22,23)/b13-8-. The maximum Gasteiger partial charge on any atom is 0.335 e. The van der Waals surface area contributed by atoms with Crippen LogP contribution in [0.3, 0.4) is 0 Å². The summed E-state index contributed by atoms with van der Waals surface area (Å²) in [5.41, 5.74) is 1.05. The molecule has 0 aliphatic rings. The van der Waals surface area contributed by atoms with Gasteiger partial charge in [-0.05, 0) is 64.6 Å². The Morgan fingerprint density at radius 1 is 1.17 bits per heavy atom. The molecule has 0 fully saturated rings. The number of hydrogen-bond donors (Lipinski definition) is 2. The summed E-state index contributed by atoms with van der Waals surface area (Å²) < 4.78 is 1.05. The van der Waals surface area contributed by atoms with Gasteiger partial charge in [0.15, 0.2) is 0 Å². The van der Waals surface area contributed by atoms with Gasteiger partial charge in [-0.1, -0.05) is 18.2 Å². The fourth-order valence-electron chi connectivity index (χ4n) is 1.80. The molecule has 0 heterocycles. The number of nitriles is 1. The molecule has 0 bridgehead atoms. The number of nitrogens with one attached hydrogen (secondary N) is 1. The van der Waals surface area contributed by atoms with Gasteiger partial charge >= 0.3 is 5.97 Å². The van der Waals surface area contributed by atoms with Crippen LogP contribution >= 0.6 is 22.6 Å². The Hall–Kier alpha value is -2.66. The second-order valence-electron chi connectivity index (χ2n) is 4.56. The number of hydrogen-bond acceptors (Lipinski definition) is 3. The van der Waals surface area contributed by atoms with Crippen molar-refractivity contribution < 1.29 is 14.7 Å². The normalized spacial score (nSPS) is 10.7. The van der Waals surface area contributed by atoms with E-state index in [1.165, 1.54) is 24.3 Å². The van der Waals surface area contributed by atoms with Crippen molar-refractivity contribution in [2.75, 3.05) is 5.32 Å². The molecule has 6 heteroatoms. The number of carbonyl (C=O) groups excluding carboxylic acids is 1. The topological polar surface area (TPSA) is 90.2 Å². The van der Waals surface area contributed by atoms with Crippen molar-refractivity contribution in [3.05, 3.63) is 68.8 Å². The molecule has 0 aliphatic heterocycles. The summed E-state index contributed by atoms with van der Waals surface area (Å²) >= 11 is 2.16. The zero-order valence-corrected chi connectivity index (χ0v) is 13.9. The number of amides is 1. The van der Waals surface area contributed by atoms with E-state index in [4.69, 9.17) is 10.4 Å². The zero-order valence-electron chi connectivity index (χ0n) is 11.8. The van der Waals surface area contributed by atoms with Gasteiger partial charge in [0.25, 0.3) is 5.91 Å². The number of aromatic carboxylic acids is 1. The number of benzene rings is 2. The Kier molecular flexibility index (Phi) is 5.49. The van der Waals surface area contributed by atoms with Crippen LogP contribution < -0.4 is 5.32 Å². The van der Waals surface area contributed by atoms with Gasteiger partial charge in [0, 0.05) is 9.26 Å². The summed E-state index contributed by atoms with van der Waals surface area (Å²) in [6.45, 7) is 0. The molecule has 0 aromatic heterocycles. The molecule has 0 spiro atoms. The molecule has 0 saturated carbocycles. The minimum atomic E-state index is -1.09. The monoisotopic (exact) mass is 418 g/mol. The Bertz CT molecular complexity index is 820. The first-order valence-corrected chi connectivity index (χ1v) is 7.59. The predicted molar refractivity (Wildman–Crippen MR) is 94.8 cm³/mol. The van der Waals surface area contributed by atoms with E-state index in [9.17, 15) is 9.59 Å². The lowest BCUT2D eigenvalue weighted by Gasteiger charge is -2.05. The van der Waals surface area contributed by atoms with Gasteiger partial charge in [-0.25, -0.2) is 4.79 Å². The number of carboxylic acid groups (broad SMARTS) is 1. The van der Waals surface area contributed by atoms with Gasteiger partial charge < -0.3 is 10.4 Å². The van der Waals surface area contributed by atoms with E-state index in [0.29, 0.717) is 5.69 Å². The van der Waals surface area contributed by atoms with Gasteiger partial charge in [-0.3, -0.25) is 4.79 Å². The molecular formula is C17H11IN2O3. The lowest BCUT2D eigenvalue weighted by atomic mass is 10.1. The van der Waals surface area contributed by atoms with E-state index < -0.39 is 11.9 Å². The molecule has 0 radical (unpaired) electrons. The summed E-state index contributed by atoms with van der Waals surface area (Å²) in [5.74, 6) is -1.68. The van der Waals surface area contributed by atoms with Crippen LogP contribution in [0, 0.1) is 14.9 Å². The highest BCUT2D eigenvalue weighted by Gasteiger charge is 2.11. The summed E-state index contributed by atoms with van der Waals surface area (Å²) in [6, 6.07) is 15.0. The van der Waals surface area contributed by atoms with Crippen LogP contribution in [0.15, 0.2) is 54.1 Å². The van der Waals surface area contributed by atoms with Crippen molar-refractivity contribution in [3.63, 3.8) is 0 Å². The molecule has 0 unspecified atom stereocenters. The van der Waals surface area contributed by atoms with Crippen LogP contribution in [0.1, 0.15) is 15.9 Å². The third-order valence-electron chi connectivity index (χ3n) is 2.91. The molecule has 1 amide bonds. The first-order valence-electron chi connectivity index (χ1n) is 6.51. The van der Waals surface area contributed by atoms with Crippen molar-refractivity contribution in [2.45, 2.75) is 0 Å². The van der Waals surface area contributed by atoms with Crippen molar-refractivity contribution >= 4 is 46.2 Å². The Balaban J connectivity index is 2.21. The smallest absolute Gasteiger partial charge is 0.335 e. The first-order chi connectivity index (χ1) is 11.0. The van der Waals surface area contributed by atoms with Gasteiger partial charge in [-0.2, -0.15) is 5.26 Å². The molecule has 2 rings (SSSR count). The quantitative estimate of drug-likeness (QED) is 0.452. The number of carboxylic acids is 1. The second kappa shape index (κ2) is 7.56. The molecule has 5 nitrogen and oxygen atoms in total. The van der Waals surface area contributed by atoms with Gasteiger partial charge in [0.2, 0.25) is 0 Å². The minimum Gasteiger partial charge on any atom is -0.478 e. The number of nitrogens with zero attached hydrogens (tertiary/aromatic N) is 1. The van der Waals surface area contributed by atoms with Crippen LogP contribution in [-0.4, -0.2) is 17.0 Å². The maximum atomic E-state index is 12.1. The van der Waals surface area contributed by atoms with Gasteiger partial charge in [-0.15, -0.1) is 0 Å². The summed E-state index contributed by atoms with van der Waals surface area (Å²) in [5, 5.41) is 20.6. The number of carbonyl (C=O) groups is 2. The van der Waals surface area contributed by atoms with Crippen molar-refractivity contribution in [2.24, 2.45) is 0 Å². The van der Waals surface area contributed by atoms with E-state index in [1.54, 1.807) is 18.2 Å². The first kappa shape index (κ1) is 16.7. The highest BCUT2D eigenvalue weighted by atomic mass is 127. The average Bonchev–Trinajstić information content (AvgIpc) is 2.54. The van der Waals surface area contributed by atoms with Crippen LogP contribution in [0.25, 0.3) is 6.08 Å². The van der Waals surface area contributed by atoms with Crippen LogP contribution in [0.4, 0.5) is 5.69 Å². The Morgan fingerprint density at radius 2 is 1.87 bits per heavy atom. The lowest BCUT2D eigenvalue weighted by molar-refractivity contribution is -0.112.